The smallest absolute Gasteiger partial charge is 0.0461 e. The Balaban J connectivity index is 2.01. The molecule has 0 spiro atoms. The van der Waals surface area contributed by atoms with E-state index >= 15 is 0 Å². The fourth-order valence-electron chi connectivity index (χ4n) is 2.64. The van der Waals surface area contributed by atoms with Crippen LogP contribution >= 0.6 is 15.9 Å². The Labute approximate surface area is 112 Å². The van der Waals surface area contributed by atoms with Crippen LogP contribution in [0.15, 0.2) is 22.7 Å². The standard InChI is InChI=1S/C14H21BrN2/c1-17(12-7-3-2-4-8-12)10-11-6-5-9-13(16)14(11)15/h5-6,9,12H,2-4,7-8,10,16H2,1H3. The first-order chi connectivity index (χ1) is 8.18. The fraction of sp³-hybridized carbons (Fsp3) is 0.571. The van der Waals surface area contributed by atoms with Crippen molar-refractivity contribution in [1.82, 2.24) is 4.90 Å². The van der Waals surface area contributed by atoms with Crippen LogP contribution in [0.2, 0.25) is 0 Å². The average Bonchev–Trinajstić information content (AvgIpc) is 2.36. The molecule has 0 unspecified atom stereocenters. The molecule has 0 bridgehead atoms. The minimum absolute atomic E-state index is 0.747. The van der Waals surface area contributed by atoms with Crippen LogP contribution < -0.4 is 5.73 Å². The first kappa shape index (κ1) is 12.9. The largest absolute Gasteiger partial charge is 0.398 e. The number of nitrogen functional groups attached to an aromatic ring is 1. The summed E-state index contributed by atoms with van der Waals surface area (Å²) in [6, 6.07) is 6.87. The number of benzene rings is 1. The number of hydrogen-bond acceptors (Lipinski definition) is 2. The number of nitrogens with zero attached hydrogens (tertiary/aromatic N) is 1. The second-order valence-electron chi connectivity index (χ2n) is 5.03. The molecule has 1 aromatic carbocycles. The summed E-state index contributed by atoms with van der Waals surface area (Å²) in [5.74, 6) is 0. The van der Waals surface area contributed by atoms with Crippen molar-refractivity contribution in [1.29, 1.82) is 0 Å². The number of rotatable bonds is 3. The van der Waals surface area contributed by atoms with Gasteiger partial charge in [0.05, 0.1) is 0 Å². The van der Waals surface area contributed by atoms with Crippen LogP contribution in [0.3, 0.4) is 0 Å². The third kappa shape index (κ3) is 3.23. The van der Waals surface area contributed by atoms with E-state index in [1.165, 1.54) is 37.7 Å². The highest BCUT2D eigenvalue weighted by Gasteiger charge is 2.18. The zero-order valence-corrected chi connectivity index (χ0v) is 12.0. The van der Waals surface area contributed by atoms with Gasteiger partial charge in [-0.25, -0.2) is 0 Å². The van der Waals surface area contributed by atoms with Gasteiger partial charge in [0.1, 0.15) is 0 Å². The summed E-state index contributed by atoms with van der Waals surface area (Å²) < 4.78 is 1.06. The van der Waals surface area contributed by atoms with Crippen molar-refractivity contribution >= 4 is 21.6 Å². The van der Waals surface area contributed by atoms with Gasteiger partial charge in [0.15, 0.2) is 0 Å². The third-order valence-electron chi connectivity index (χ3n) is 3.73. The van der Waals surface area contributed by atoms with Crippen LogP contribution in [0.25, 0.3) is 0 Å². The second-order valence-corrected chi connectivity index (χ2v) is 5.82. The van der Waals surface area contributed by atoms with E-state index in [0.29, 0.717) is 0 Å². The number of nitrogens with two attached hydrogens (primary N) is 1. The van der Waals surface area contributed by atoms with Gasteiger partial charge in [-0.15, -0.1) is 0 Å². The lowest BCUT2D eigenvalue weighted by Gasteiger charge is -2.31. The molecule has 17 heavy (non-hydrogen) atoms. The van der Waals surface area contributed by atoms with Gasteiger partial charge in [0.2, 0.25) is 0 Å². The molecule has 1 aliphatic carbocycles. The Morgan fingerprint density at radius 3 is 2.71 bits per heavy atom. The normalized spacial score (nSPS) is 17.6. The summed E-state index contributed by atoms with van der Waals surface area (Å²) in [6.07, 6.45) is 6.86. The van der Waals surface area contributed by atoms with Crippen LogP contribution in [0.5, 0.6) is 0 Å². The van der Waals surface area contributed by atoms with E-state index in [1.807, 2.05) is 12.1 Å². The summed E-state index contributed by atoms with van der Waals surface area (Å²) in [6.45, 7) is 0.982. The summed E-state index contributed by atoms with van der Waals surface area (Å²) in [5, 5.41) is 0. The van der Waals surface area contributed by atoms with Gasteiger partial charge in [-0.1, -0.05) is 31.4 Å². The molecule has 1 aliphatic rings. The highest BCUT2D eigenvalue weighted by atomic mass is 79.9. The minimum atomic E-state index is 0.747. The highest BCUT2D eigenvalue weighted by molar-refractivity contribution is 9.10. The molecule has 2 nitrogen and oxygen atoms in total. The third-order valence-corrected chi connectivity index (χ3v) is 4.69. The molecule has 2 N–H and O–H groups in total. The monoisotopic (exact) mass is 296 g/mol. The molecular formula is C14H21BrN2. The molecule has 0 heterocycles. The lowest BCUT2D eigenvalue weighted by Crippen LogP contribution is -2.32. The molecule has 94 valence electrons. The Morgan fingerprint density at radius 1 is 1.29 bits per heavy atom. The van der Waals surface area contributed by atoms with Crippen molar-refractivity contribution in [3.05, 3.63) is 28.2 Å². The lowest BCUT2D eigenvalue weighted by atomic mass is 9.94. The van der Waals surface area contributed by atoms with E-state index in [9.17, 15) is 0 Å². The van der Waals surface area contributed by atoms with E-state index in [4.69, 9.17) is 5.73 Å². The minimum Gasteiger partial charge on any atom is -0.398 e. The molecule has 0 aliphatic heterocycles. The van der Waals surface area contributed by atoms with Gasteiger partial charge in [-0.05, 0) is 47.4 Å². The predicted molar refractivity (Wildman–Crippen MR) is 76.9 cm³/mol. The Hall–Kier alpha value is -0.540. The van der Waals surface area contributed by atoms with Crippen LogP contribution in [0.4, 0.5) is 5.69 Å². The molecule has 0 saturated heterocycles. The van der Waals surface area contributed by atoms with E-state index in [2.05, 4.69) is 33.9 Å². The van der Waals surface area contributed by atoms with Crippen LogP contribution in [0, 0.1) is 0 Å². The summed E-state index contributed by atoms with van der Waals surface area (Å²) in [4.78, 5) is 2.47. The maximum absolute atomic E-state index is 5.91. The predicted octanol–water partition coefficient (Wildman–Crippen LogP) is 3.80. The van der Waals surface area contributed by atoms with Gasteiger partial charge in [-0.2, -0.15) is 0 Å². The van der Waals surface area contributed by atoms with E-state index in [0.717, 1.165) is 22.7 Å². The molecule has 1 aromatic rings. The van der Waals surface area contributed by atoms with Gasteiger partial charge in [-0.3, -0.25) is 4.90 Å². The average molecular weight is 297 g/mol. The number of hydrogen-bond donors (Lipinski definition) is 1. The van der Waals surface area contributed by atoms with Crippen molar-refractivity contribution in [2.75, 3.05) is 12.8 Å². The molecule has 1 saturated carbocycles. The van der Waals surface area contributed by atoms with Gasteiger partial charge in [0, 0.05) is 22.7 Å². The maximum Gasteiger partial charge on any atom is 0.0461 e. The van der Waals surface area contributed by atoms with Crippen molar-refractivity contribution in [2.24, 2.45) is 0 Å². The topological polar surface area (TPSA) is 29.3 Å². The number of halogens is 1. The summed E-state index contributed by atoms with van der Waals surface area (Å²) in [5.41, 5.74) is 8.03. The molecule has 0 aromatic heterocycles. The van der Waals surface area contributed by atoms with E-state index < -0.39 is 0 Å². The molecule has 0 atom stereocenters. The molecular weight excluding hydrogens is 276 g/mol. The molecule has 0 radical (unpaired) electrons. The lowest BCUT2D eigenvalue weighted by molar-refractivity contribution is 0.184. The zero-order chi connectivity index (χ0) is 12.3. The van der Waals surface area contributed by atoms with Crippen LogP contribution in [-0.2, 0) is 6.54 Å². The van der Waals surface area contributed by atoms with Crippen molar-refractivity contribution in [3.63, 3.8) is 0 Å². The highest BCUT2D eigenvalue weighted by Crippen LogP contribution is 2.27. The van der Waals surface area contributed by atoms with Gasteiger partial charge < -0.3 is 5.73 Å². The molecule has 2 rings (SSSR count). The molecule has 3 heteroatoms. The first-order valence-electron chi connectivity index (χ1n) is 6.41. The Morgan fingerprint density at radius 2 is 2.00 bits per heavy atom. The van der Waals surface area contributed by atoms with Crippen molar-refractivity contribution < 1.29 is 0 Å². The summed E-state index contributed by atoms with van der Waals surface area (Å²) >= 11 is 3.58. The second kappa shape index (κ2) is 5.87. The van der Waals surface area contributed by atoms with E-state index in [1.54, 1.807) is 0 Å². The quantitative estimate of drug-likeness (QED) is 0.860. The summed E-state index contributed by atoms with van der Waals surface area (Å²) in [7, 11) is 2.23. The van der Waals surface area contributed by atoms with Crippen molar-refractivity contribution in [2.45, 2.75) is 44.7 Å². The molecule has 0 amide bonds. The van der Waals surface area contributed by atoms with Crippen LogP contribution in [0.1, 0.15) is 37.7 Å². The Kier molecular flexibility index (Phi) is 4.46. The van der Waals surface area contributed by atoms with Crippen molar-refractivity contribution in [3.8, 4) is 0 Å². The fourth-order valence-corrected chi connectivity index (χ4v) is 3.03. The SMILES string of the molecule is CN(Cc1cccc(N)c1Br)C1CCCCC1. The van der Waals surface area contributed by atoms with E-state index in [-0.39, 0.29) is 0 Å². The molecule has 1 fully saturated rings. The zero-order valence-electron chi connectivity index (χ0n) is 10.5. The van der Waals surface area contributed by atoms with Gasteiger partial charge in [0.25, 0.3) is 0 Å². The van der Waals surface area contributed by atoms with Crippen LogP contribution in [-0.4, -0.2) is 18.0 Å². The first-order valence-corrected chi connectivity index (χ1v) is 7.21. The maximum atomic E-state index is 5.91. The number of anilines is 1. The van der Waals surface area contributed by atoms with Gasteiger partial charge >= 0.3 is 0 Å². The Bertz CT molecular complexity index is 372.